The van der Waals surface area contributed by atoms with Crippen molar-refractivity contribution >= 4 is 43.7 Å². The first-order valence-electron chi connectivity index (χ1n) is 10.7. The highest BCUT2D eigenvalue weighted by Crippen LogP contribution is 2.38. The standard InChI is InChI=1S/C29H20N2S/c1-3-9-20(10-4-1)15-18-27-30-28(21-11-5-2-6-12-21)29(31-27)22-16-17-24-23-13-7-8-14-25(23)32-26(24)19-22/h1-19H,(H,30,31)/b18-15+. The van der Waals surface area contributed by atoms with E-state index in [9.17, 15) is 0 Å². The number of aromatic nitrogens is 2. The second-order valence-corrected chi connectivity index (χ2v) is 8.85. The lowest BCUT2D eigenvalue weighted by Gasteiger charge is -2.03. The molecule has 0 unspecified atom stereocenters. The molecule has 0 spiro atoms. The van der Waals surface area contributed by atoms with Crippen molar-refractivity contribution in [2.75, 3.05) is 0 Å². The fourth-order valence-corrected chi connectivity index (χ4v) is 5.25. The Morgan fingerprint density at radius 2 is 1.34 bits per heavy atom. The molecule has 0 atom stereocenters. The van der Waals surface area contributed by atoms with E-state index in [1.54, 1.807) is 0 Å². The second-order valence-electron chi connectivity index (χ2n) is 7.76. The topological polar surface area (TPSA) is 28.7 Å². The van der Waals surface area contributed by atoms with Gasteiger partial charge in [-0.15, -0.1) is 11.3 Å². The molecule has 2 nitrogen and oxygen atoms in total. The summed E-state index contributed by atoms with van der Waals surface area (Å²) in [6.07, 6.45) is 4.13. The number of nitrogens with zero attached hydrogens (tertiary/aromatic N) is 1. The molecule has 0 aliphatic rings. The van der Waals surface area contributed by atoms with Gasteiger partial charge in [0.2, 0.25) is 0 Å². The van der Waals surface area contributed by atoms with Crippen LogP contribution in [0.15, 0.2) is 103 Å². The van der Waals surface area contributed by atoms with Crippen molar-refractivity contribution < 1.29 is 0 Å². The molecule has 0 bridgehead atoms. The molecule has 32 heavy (non-hydrogen) atoms. The highest BCUT2D eigenvalue weighted by Gasteiger charge is 2.15. The van der Waals surface area contributed by atoms with Crippen molar-refractivity contribution in [2.24, 2.45) is 0 Å². The Labute approximate surface area is 190 Å². The van der Waals surface area contributed by atoms with Gasteiger partial charge in [-0.05, 0) is 23.8 Å². The molecule has 1 N–H and O–H groups in total. The molecular formula is C29H20N2S. The van der Waals surface area contributed by atoms with E-state index in [0.29, 0.717) is 0 Å². The van der Waals surface area contributed by atoms with E-state index in [-0.39, 0.29) is 0 Å². The molecule has 0 fully saturated rings. The summed E-state index contributed by atoms with van der Waals surface area (Å²) in [5.41, 5.74) is 5.42. The third-order valence-corrected chi connectivity index (χ3v) is 6.80. The first-order chi connectivity index (χ1) is 15.8. The maximum atomic E-state index is 4.99. The van der Waals surface area contributed by atoms with Crippen LogP contribution >= 0.6 is 11.3 Å². The zero-order chi connectivity index (χ0) is 21.3. The highest BCUT2D eigenvalue weighted by atomic mass is 32.1. The van der Waals surface area contributed by atoms with Crippen molar-refractivity contribution in [3.05, 3.63) is 115 Å². The van der Waals surface area contributed by atoms with Crippen molar-refractivity contribution in [2.45, 2.75) is 0 Å². The number of hydrogen-bond acceptors (Lipinski definition) is 2. The van der Waals surface area contributed by atoms with Gasteiger partial charge in [0.25, 0.3) is 0 Å². The van der Waals surface area contributed by atoms with Gasteiger partial charge in [-0.25, -0.2) is 4.98 Å². The van der Waals surface area contributed by atoms with Crippen molar-refractivity contribution in [1.29, 1.82) is 0 Å². The fraction of sp³-hybridized carbons (Fsp3) is 0. The molecule has 6 aromatic rings. The number of benzene rings is 4. The molecule has 2 aromatic heterocycles. The quantitative estimate of drug-likeness (QED) is 0.301. The number of nitrogens with one attached hydrogen (secondary N) is 1. The van der Waals surface area contributed by atoms with Gasteiger partial charge in [-0.3, -0.25) is 0 Å². The summed E-state index contributed by atoms with van der Waals surface area (Å²) in [5.74, 6) is 0.846. The Bertz CT molecular complexity index is 1560. The van der Waals surface area contributed by atoms with E-state index in [1.807, 2.05) is 41.7 Å². The number of hydrogen-bond donors (Lipinski definition) is 1. The number of rotatable bonds is 4. The van der Waals surface area contributed by atoms with E-state index >= 15 is 0 Å². The SMILES string of the molecule is C(=C\c1nc(-c2ccc3c(c2)sc2ccccc23)c(-c2ccccc2)[nH]1)/c1ccccc1. The first-order valence-corrected chi connectivity index (χ1v) is 11.5. The van der Waals surface area contributed by atoms with Crippen LogP contribution < -0.4 is 0 Å². The van der Waals surface area contributed by atoms with Crippen LogP contribution in [0.25, 0.3) is 54.8 Å². The van der Waals surface area contributed by atoms with Gasteiger partial charge in [0.1, 0.15) is 5.82 Å². The number of fused-ring (bicyclic) bond motifs is 3. The molecule has 0 amide bonds. The lowest BCUT2D eigenvalue weighted by molar-refractivity contribution is 1.27. The minimum atomic E-state index is 0.846. The molecule has 3 heteroatoms. The summed E-state index contributed by atoms with van der Waals surface area (Å²) < 4.78 is 2.60. The Balaban J connectivity index is 1.49. The summed E-state index contributed by atoms with van der Waals surface area (Å²) in [4.78, 5) is 8.54. The van der Waals surface area contributed by atoms with Crippen LogP contribution in [0.2, 0.25) is 0 Å². The van der Waals surface area contributed by atoms with Crippen LogP contribution in [0, 0.1) is 0 Å². The first kappa shape index (κ1) is 18.8. The molecule has 0 saturated carbocycles. The molecule has 6 rings (SSSR count). The Hall–Kier alpha value is -3.95. The fourth-order valence-electron chi connectivity index (χ4n) is 4.11. The average molecular weight is 429 g/mol. The van der Waals surface area contributed by atoms with Gasteiger partial charge in [0.05, 0.1) is 11.4 Å². The molecule has 2 heterocycles. The van der Waals surface area contributed by atoms with E-state index < -0.39 is 0 Å². The largest absolute Gasteiger partial charge is 0.338 e. The van der Waals surface area contributed by atoms with Crippen LogP contribution in [-0.2, 0) is 0 Å². The number of thiophene rings is 1. The number of aromatic amines is 1. The Morgan fingerprint density at radius 1 is 0.625 bits per heavy atom. The monoisotopic (exact) mass is 428 g/mol. The summed E-state index contributed by atoms with van der Waals surface area (Å²) in [7, 11) is 0. The van der Waals surface area contributed by atoms with Crippen LogP contribution in [0.1, 0.15) is 11.4 Å². The summed E-state index contributed by atoms with van der Waals surface area (Å²) >= 11 is 1.83. The summed E-state index contributed by atoms with van der Waals surface area (Å²) in [6.45, 7) is 0. The van der Waals surface area contributed by atoms with E-state index in [4.69, 9.17) is 4.98 Å². The van der Waals surface area contributed by atoms with E-state index in [2.05, 4.69) is 89.9 Å². The molecule has 152 valence electrons. The molecule has 0 radical (unpaired) electrons. The lowest BCUT2D eigenvalue weighted by atomic mass is 10.0. The van der Waals surface area contributed by atoms with Crippen LogP contribution in [-0.4, -0.2) is 9.97 Å². The maximum Gasteiger partial charge on any atom is 0.131 e. The molecular weight excluding hydrogens is 408 g/mol. The molecule has 0 aliphatic carbocycles. The van der Waals surface area contributed by atoms with Crippen molar-refractivity contribution in [3.63, 3.8) is 0 Å². The smallest absolute Gasteiger partial charge is 0.131 e. The summed E-state index contributed by atoms with van der Waals surface area (Å²) in [5, 5.41) is 2.62. The maximum absolute atomic E-state index is 4.99. The Kier molecular flexibility index (Phi) is 4.67. The average Bonchev–Trinajstić information content (AvgIpc) is 3.45. The van der Waals surface area contributed by atoms with E-state index in [0.717, 1.165) is 33.9 Å². The minimum Gasteiger partial charge on any atom is -0.338 e. The lowest BCUT2D eigenvalue weighted by Crippen LogP contribution is -1.83. The summed E-state index contributed by atoms with van der Waals surface area (Å²) in [6, 6.07) is 36.0. The second kappa shape index (κ2) is 7.95. The van der Waals surface area contributed by atoms with Crippen molar-refractivity contribution in [3.8, 4) is 22.5 Å². The highest BCUT2D eigenvalue weighted by molar-refractivity contribution is 7.25. The third-order valence-electron chi connectivity index (χ3n) is 5.67. The third kappa shape index (κ3) is 3.43. The van der Waals surface area contributed by atoms with Gasteiger partial charge < -0.3 is 4.98 Å². The van der Waals surface area contributed by atoms with Crippen LogP contribution in [0.3, 0.4) is 0 Å². The van der Waals surface area contributed by atoms with Gasteiger partial charge in [0, 0.05) is 31.3 Å². The van der Waals surface area contributed by atoms with Gasteiger partial charge >= 0.3 is 0 Å². The van der Waals surface area contributed by atoms with Crippen LogP contribution in [0.4, 0.5) is 0 Å². The molecule has 4 aromatic carbocycles. The van der Waals surface area contributed by atoms with Crippen molar-refractivity contribution in [1.82, 2.24) is 9.97 Å². The van der Waals surface area contributed by atoms with Gasteiger partial charge in [-0.1, -0.05) is 97.1 Å². The van der Waals surface area contributed by atoms with E-state index in [1.165, 1.54) is 20.2 Å². The van der Waals surface area contributed by atoms with Gasteiger partial charge in [-0.2, -0.15) is 0 Å². The van der Waals surface area contributed by atoms with Gasteiger partial charge in [0.15, 0.2) is 0 Å². The molecule has 0 aliphatic heterocycles. The number of H-pyrrole nitrogens is 1. The normalized spacial score (nSPS) is 11.6. The Morgan fingerprint density at radius 3 is 2.19 bits per heavy atom. The molecule has 0 saturated heterocycles. The minimum absolute atomic E-state index is 0.846. The zero-order valence-corrected chi connectivity index (χ0v) is 18.1. The number of imidazole rings is 1. The zero-order valence-electron chi connectivity index (χ0n) is 17.3. The predicted octanol–water partition coefficient (Wildman–Crippen LogP) is 8.28. The predicted molar refractivity (Wildman–Crippen MR) is 138 cm³/mol. The van der Waals surface area contributed by atoms with Crippen LogP contribution in [0.5, 0.6) is 0 Å².